The monoisotopic (exact) mass is 283 g/mol. The van der Waals surface area contributed by atoms with Crippen LogP contribution in [0.5, 0.6) is 0 Å². The summed E-state index contributed by atoms with van der Waals surface area (Å²) in [5.74, 6) is -1.73. The van der Waals surface area contributed by atoms with Gasteiger partial charge >= 0.3 is 6.61 Å². The topological polar surface area (TPSA) is 21.3 Å². The molecule has 0 radical (unpaired) electrons. The zero-order chi connectivity index (χ0) is 13.9. The van der Waals surface area contributed by atoms with Crippen LogP contribution in [0.15, 0.2) is 0 Å². The fourth-order valence-corrected chi connectivity index (χ4v) is 3.20. The van der Waals surface area contributed by atoms with Crippen LogP contribution in [0.1, 0.15) is 38.5 Å². The van der Waals surface area contributed by atoms with Crippen molar-refractivity contribution < 1.29 is 22.3 Å². The summed E-state index contributed by atoms with van der Waals surface area (Å²) in [5, 5.41) is 3.20. The Balaban J connectivity index is 1.69. The van der Waals surface area contributed by atoms with Gasteiger partial charge < -0.3 is 10.1 Å². The van der Waals surface area contributed by atoms with Gasteiger partial charge in [0.1, 0.15) is 0 Å². The van der Waals surface area contributed by atoms with Crippen molar-refractivity contribution in [3.63, 3.8) is 0 Å². The molecular weight excluding hydrogens is 262 g/mol. The molecule has 1 aliphatic heterocycles. The molecule has 2 atom stereocenters. The molecule has 1 heterocycles. The van der Waals surface area contributed by atoms with E-state index in [1.165, 1.54) is 0 Å². The molecule has 2 fully saturated rings. The molecule has 1 aliphatic carbocycles. The first-order chi connectivity index (χ1) is 8.96. The maximum absolute atomic E-state index is 13.1. The molecule has 0 aromatic rings. The van der Waals surface area contributed by atoms with E-state index in [1.807, 2.05) is 0 Å². The summed E-state index contributed by atoms with van der Waals surface area (Å²) in [7, 11) is 0. The summed E-state index contributed by atoms with van der Waals surface area (Å²) < 4.78 is 54.3. The highest BCUT2D eigenvalue weighted by molar-refractivity contribution is 4.86. The Morgan fingerprint density at radius 1 is 1.05 bits per heavy atom. The molecule has 2 nitrogen and oxygen atoms in total. The van der Waals surface area contributed by atoms with Crippen molar-refractivity contribution >= 4 is 0 Å². The van der Waals surface area contributed by atoms with Gasteiger partial charge in [0, 0.05) is 18.9 Å². The van der Waals surface area contributed by atoms with Crippen LogP contribution < -0.4 is 5.32 Å². The third-order valence-corrected chi connectivity index (χ3v) is 4.41. The van der Waals surface area contributed by atoms with Gasteiger partial charge in [-0.15, -0.1) is 0 Å². The maximum atomic E-state index is 13.1. The third kappa shape index (κ3) is 4.60. The third-order valence-electron chi connectivity index (χ3n) is 4.41. The average molecular weight is 283 g/mol. The fraction of sp³-hybridized carbons (Fsp3) is 1.00. The van der Waals surface area contributed by atoms with Crippen LogP contribution in [-0.4, -0.2) is 31.7 Å². The van der Waals surface area contributed by atoms with Gasteiger partial charge in [-0.2, -0.15) is 8.78 Å². The van der Waals surface area contributed by atoms with Crippen molar-refractivity contribution in [1.82, 2.24) is 5.32 Å². The predicted molar refractivity (Wildman–Crippen MR) is 63.4 cm³/mol. The number of halogens is 4. The van der Waals surface area contributed by atoms with Crippen LogP contribution in [0.3, 0.4) is 0 Å². The lowest BCUT2D eigenvalue weighted by Gasteiger charge is -2.38. The molecule has 6 heteroatoms. The zero-order valence-corrected chi connectivity index (χ0v) is 10.9. The van der Waals surface area contributed by atoms with Crippen LogP contribution in [0.25, 0.3) is 0 Å². The Morgan fingerprint density at radius 3 is 2.26 bits per heavy atom. The minimum absolute atomic E-state index is 0.00785. The molecule has 112 valence electrons. The van der Waals surface area contributed by atoms with Crippen molar-refractivity contribution in [2.75, 3.05) is 13.2 Å². The quantitative estimate of drug-likeness (QED) is 0.798. The minimum atomic E-state index is -2.72. The van der Waals surface area contributed by atoms with Gasteiger partial charge in [0.15, 0.2) is 0 Å². The number of rotatable bonds is 4. The summed E-state index contributed by atoms with van der Waals surface area (Å²) in [4.78, 5) is 0. The number of alkyl halides is 4. The van der Waals surface area contributed by atoms with E-state index in [9.17, 15) is 17.6 Å². The summed E-state index contributed by atoms with van der Waals surface area (Å²) in [6, 6.07) is -0.0321. The fourth-order valence-electron chi connectivity index (χ4n) is 3.20. The van der Waals surface area contributed by atoms with Crippen molar-refractivity contribution in [2.45, 2.75) is 57.1 Å². The summed E-state index contributed by atoms with van der Waals surface area (Å²) in [6.45, 7) is -1.97. The van der Waals surface area contributed by atoms with Crippen molar-refractivity contribution in [3.8, 4) is 0 Å². The average Bonchev–Trinajstić information content (AvgIpc) is 2.37. The molecule has 0 aromatic heterocycles. The second-order valence-corrected chi connectivity index (χ2v) is 5.73. The molecule has 0 spiro atoms. The molecule has 1 saturated carbocycles. The SMILES string of the molecule is FC(F)OCC1CCC(C2CCC(F)(F)CC2)CN1. The Bertz CT molecular complexity index is 270. The van der Waals surface area contributed by atoms with E-state index in [1.54, 1.807) is 0 Å². The Hall–Kier alpha value is -0.360. The van der Waals surface area contributed by atoms with Gasteiger partial charge in [0.05, 0.1) is 6.61 Å². The van der Waals surface area contributed by atoms with Crippen molar-refractivity contribution in [1.29, 1.82) is 0 Å². The van der Waals surface area contributed by atoms with Crippen molar-refractivity contribution in [3.05, 3.63) is 0 Å². The Labute approximate surface area is 110 Å². The highest BCUT2D eigenvalue weighted by atomic mass is 19.3. The van der Waals surface area contributed by atoms with Crippen molar-refractivity contribution in [2.24, 2.45) is 11.8 Å². The largest absolute Gasteiger partial charge is 0.345 e. The van der Waals surface area contributed by atoms with E-state index in [2.05, 4.69) is 10.1 Å². The maximum Gasteiger partial charge on any atom is 0.345 e. The summed E-state index contributed by atoms with van der Waals surface area (Å²) in [6.07, 6.45) is 2.85. The van der Waals surface area contributed by atoms with E-state index in [-0.39, 0.29) is 25.5 Å². The van der Waals surface area contributed by atoms with Gasteiger partial charge in [-0.25, -0.2) is 8.78 Å². The van der Waals surface area contributed by atoms with Gasteiger partial charge in [0.2, 0.25) is 5.92 Å². The molecule has 0 aromatic carbocycles. The van der Waals surface area contributed by atoms with Gasteiger partial charge in [-0.1, -0.05) is 0 Å². The molecule has 2 aliphatic rings. The number of hydrogen-bond donors (Lipinski definition) is 1. The van der Waals surface area contributed by atoms with Crippen LogP contribution in [0.2, 0.25) is 0 Å². The van der Waals surface area contributed by atoms with Crippen LogP contribution in [-0.2, 0) is 4.74 Å². The van der Waals surface area contributed by atoms with E-state index < -0.39 is 12.5 Å². The first kappa shape index (κ1) is 15.0. The number of piperidine rings is 1. The Kier molecular flexibility index (Phi) is 5.06. The van der Waals surface area contributed by atoms with Crippen LogP contribution in [0.4, 0.5) is 17.6 Å². The second kappa shape index (κ2) is 6.39. The lowest BCUT2D eigenvalue weighted by molar-refractivity contribution is -0.135. The molecular formula is C13H21F4NO. The summed E-state index contributed by atoms with van der Waals surface area (Å²) in [5.41, 5.74) is 0. The molecule has 2 rings (SSSR count). The summed E-state index contributed by atoms with van der Waals surface area (Å²) >= 11 is 0. The van der Waals surface area contributed by atoms with E-state index >= 15 is 0 Å². The minimum Gasteiger partial charge on any atom is -0.321 e. The number of ether oxygens (including phenoxy) is 1. The van der Waals surface area contributed by atoms with Gasteiger partial charge in [-0.05, 0) is 44.1 Å². The molecule has 0 bridgehead atoms. The molecule has 2 unspecified atom stereocenters. The lowest BCUT2D eigenvalue weighted by Crippen LogP contribution is -2.45. The molecule has 0 amide bonds. The molecule has 1 N–H and O–H groups in total. The highest BCUT2D eigenvalue weighted by Crippen LogP contribution is 2.40. The first-order valence-corrected chi connectivity index (χ1v) is 6.97. The predicted octanol–water partition coefficient (Wildman–Crippen LogP) is 3.42. The number of hydrogen-bond acceptors (Lipinski definition) is 2. The van der Waals surface area contributed by atoms with E-state index in [0.29, 0.717) is 24.7 Å². The molecule has 1 saturated heterocycles. The molecule has 19 heavy (non-hydrogen) atoms. The normalized spacial score (nSPS) is 32.7. The second-order valence-electron chi connectivity index (χ2n) is 5.73. The van der Waals surface area contributed by atoms with E-state index in [4.69, 9.17) is 0 Å². The van der Waals surface area contributed by atoms with Crippen LogP contribution >= 0.6 is 0 Å². The highest BCUT2D eigenvalue weighted by Gasteiger charge is 2.38. The lowest BCUT2D eigenvalue weighted by atomic mass is 9.75. The van der Waals surface area contributed by atoms with E-state index in [0.717, 1.165) is 19.4 Å². The Morgan fingerprint density at radius 2 is 1.74 bits per heavy atom. The van der Waals surface area contributed by atoms with Crippen LogP contribution in [0, 0.1) is 11.8 Å². The zero-order valence-electron chi connectivity index (χ0n) is 10.9. The smallest absolute Gasteiger partial charge is 0.321 e. The first-order valence-electron chi connectivity index (χ1n) is 6.97. The van der Waals surface area contributed by atoms with Gasteiger partial charge in [-0.3, -0.25) is 0 Å². The standard InChI is InChI=1S/C13H21F4NO/c14-12(15)19-8-11-2-1-10(7-18-11)9-3-5-13(16,17)6-4-9/h9-12,18H,1-8H2. The van der Waals surface area contributed by atoms with Gasteiger partial charge in [0.25, 0.3) is 0 Å². The number of nitrogens with one attached hydrogen (secondary N) is 1.